The van der Waals surface area contributed by atoms with Crippen molar-refractivity contribution < 1.29 is 9.47 Å². The predicted octanol–water partition coefficient (Wildman–Crippen LogP) is 4.66. The Balaban J connectivity index is 1.92. The van der Waals surface area contributed by atoms with Gasteiger partial charge in [0.1, 0.15) is 0 Å². The highest BCUT2D eigenvalue weighted by Crippen LogP contribution is 2.29. The SMILES string of the molecule is CCC1(CCCCCCCCCBr)OCCO1. The third-order valence-corrected chi connectivity index (χ3v) is 4.10. The summed E-state index contributed by atoms with van der Waals surface area (Å²) in [5.74, 6) is -0.226. The molecule has 102 valence electrons. The van der Waals surface area contributed by atoms with Crippen LogP contribution in [0.15, 0.2) is 0 Å². The second kappa shape index (κ2) is 9.35. The van der Waals surface area contributed by atoms with Crippen LogP contribution in [0.3, 0.4) is 0 Å². The van der Waals surface area contributed by atoms with Crippen LogP contribution in [0.5, 0.6) is 0 Å². The molecule has 0 saturated carbocycles. The van der Waals surface area contributed by atoms with Crippen molar-refractivity contribution in [3.63, 3.8) is 0 Å². The van der Waals surface area contributed by atoms with E-state index >= 15 is 0 Å². The molecule has 1 saturated heterocycles. The molecule has 2 nitrogen and oxygen atoms in total. The Morgan fingerprint density at radius 2 is 1.41 bits per heavy atom. The van der Waals surface area contributed by atoms with E-state index in [0.29, 0.717) is 0 Å². The summed E-state index contributed by atoms with van der Waals surface area (Å²) in [7, 11) is 0. The number of hydrogen-bond acceptors (Lipinski definition) is 2. The molecule has 0 amide bonds. The highest BCUT2D eigenvalue weighted by molar-refractivity contribution is 9.09. The van der Waals surface area contributed by atoms with Gasteiger partial charge in [0.15, 0.2) is 5.79 Å². The lowest BCUT2D eigenvalue weighted by atomic mass is 10.0. The van der Waals surface area contributed by atoms with E-state index in [1.165, 1.54) is 44.9 Å². The first-order valence-electron chi connectivity index (χ1n) is 7.17. The van der Waals surface area contributed by atoms with Gasteiger partial charge >= 0.3 is 0 Å². The van der Waals surface area contributed by atoms with E-state index in [1.807, 2.05) is 0 Å². The Labute approximate surface area is 115 Å². The summed E-state index contributed by atoms with van der Waals surface area (Å²) in [6, 6.07) is 0. The third-order valence-electron chi connectivity index (χ3n) is 3.54. The van der Waals surface area contributed by atoms with Crippen LogP contribution in [-0.4, -0.2) is 24.3 Å². The molecule has 1 aliphatic rings. The van der Waals surface area contributed by atoms with Crippen LogP contribution in [0.25, 0.3) is 0 Å². The van der Waals surface area contributed by atoms with Crippen LogP contribution in [0, 0.1) is 0 Å². The molecule has 3 heteroatoms. The third kappa shape index (κ3) is 6.21. The molecular weight excluding hydrogens is 280 g/mol. The fourth-order valence-electron chi connectivity index (χ4n) is 2.39. The van der Waals surface area contributed by atoms with Gasteiger partial charge in [-0.05, 0) is 19.3 Å². The average molecular weight is 307 g/mol. The van der Waals surface area contributed by atoms with Crippen molar-refractivity contribution in [3.05, 3.63) is 0 Å². The van der Waals surface area contributed by atoms with Crippen LogP contribution in [0.1, 0.15) is 64.7 Å². The fourth-order valence-corrected chi connectivity index (χ4v) is 2.79. The van der Waals surface area contributed by atoms with Gasteiger partial charge in [-0.2, -0.15) is 0 Å². The number of alkyl halides is 1. The Morgan fingerprint density at radius 3 is 1.94 bits per heavy atom. The highest BCUT2D eigenvalue weighted by Gasteiger charge is 2.33. The first-order chi connectivity index (χ1) is 8.33. The summed E-state index contributed by atoms with van der Waals surface area (Å²) in [4.78, 5) is 0. The second-order valence-corrected chi connectivity index (χ2v) is 5.67. The van der Waals surface area contributed by atoms with Gasteiger partial charge in [-0.25, -0.2) is 0 Å². The number of hydrogen-bond donors (Lipinski definition) is 0. The summed E-state index contributed by atoms with van der Waals surface area (Å²) in [5, 5.41) is 1.15. The number of ether oxygens (including phenoxy) is 2. The molecule has 0 aromatic carbocycles. The van der Waals surface area contributed by atoms with Crippen LogP contribution < -0.4 is 0 Å². The molecule has 0 spiro atoms. The lowest BCUT2D eigenvalue weighted by molar-refractivity contribution is -0.164. The van der Waals surface area contributed by atoms with E-state index in [1.54, 1.807) is 0 Å². The molecule has 0 radical (unpaired) electrons. The summed E-state index contributed by atoms with van der Waals surface area (Å²) in [6.07, 6.45) is 11.4. The minimum absolute atomic E-state index is 0.226. The van der Waals surface area contributed by atoms with Crippen molar-refractivity contribution in [2.45, 2.75) is 70.5 Å². The van der Waals surface area contributed by atoms with Gasteiger partial charge in [-0.3, -0.25) is 0 Å². The maximum atomic E-state index is 5.72. The first kappa shape index (κ1) is 15.5. The van der Waals surface area contributed by atoms with Crippen molar-refractivity contribution in [3.8, 4) is 0 Å². The van der Waals surface area contributed by atoms with Gasteiger partial charge in [0.2, 0.25) is 0 Å². The van der Waals surface area contributed by atoms with Gasteiger partial charge in [0, 0.05) is 11.8 Å². The minimum Gasteiger partial charge on any atom is -0.348 e. The highest BCUT2D eigenvalue weighted by atomic mass is 79.9. The van der Waals surface area contributed by atoms with Crippen molar-refractivity contribution in [2.24, 2.45) is 0 Å². The van der Waals surface area contributed by atoms with Gasteiger partial charge < -0.3 is 9.47 Å². The maximum absolute atomic E-state index is 5.72. The van der Waals surface area contributed by atoms with Gasteiger partial charge in [0.05, 0.1) is 13.2 Å². The Kier molecular flexibility index (Phi) is 8.50. The zero-order valence-electron chi connectivity index (χ0n) is 11.2. The maximum Gasteiger partial charge on any atom is 0.168 e. The second-order valence-electron chi connectivity index (χ2n) is 4.88. The molecule has 0 aromatic heterocycles. The van der Waals surface area contributed by atoms with Crippen LogP contribution in [0.2, 0.25) is 0 Å². The summed E-state index contributed by atoms with van der Waals surface area (Å²) < 4.78 is 11.4. The molecule has 1 fully saturated rings. The van der Waals surface area contributed by atoms with Gasteiger partial charge in [0.25, 0.3) is 0 Å². The van der Waals surface area contributed by atoms with E-state index < -0.39 is 0 Å². The molecule has 0 unspecified atom stereocenters. The van der Waals surface area contributed by atoms with Crippen LogP contribution in [-0.2, 0) is 9.47 Å². The molecule has 1 aliphatic heterocycles. The number of halogens is 1. The normalized spacial score (nSPS) is 18.7. The lowest BCUT2D eigenvalue weighted by Crippen LogP contribution is -2.28. The van der Waals surface area contributed by atoms with Crippen molar-refractivity contribution in [1.82, 2.24) is 0 Å². The molecule has 1 rings (SSSR count). The largest absolute Gasteiger partial charge is 0.348 e. The molecule has 0 atom stereocenters. The summed E-state index contributed by atoms with van der Waals surface area (Å²) in [5.41, 5.74) is 0. The van der Waals surface area contributed by atoms with E-state index in [4.69, 9.17) is 9.47 Å². The molecule has 1 heterocycles. The quantitative estimate of drug-likeness (QED) is 0.432. The van der Waals surface area contributed by atoms with Crippen LogP contribution >= 0.6 is 15.9 Å². The van der Waals surface area contributed by atoms with E-state index in [2.05, 4.69) is 22.9 Å². The Bertz CT molecular complexity index is 179. The molecular formula is C14H27BrO2. The monoisotopic (exact) mass is 306 g/mol. The van der Waals surface area contributed by atoms with Gasteiger partial charge in [-0.1, -0.05) is 55.0 Å². The zero-order valence-corrected chi connectivity index (χ0v) is 12.8. The van der Waals surface area contributed by atoms with Gasteiger partial charge in [-0.15, -0.1) is 0 Å². The molecule has 0 aromatic rings. The molecule has 0 aliphatic carbocycles. The standard InChI is InChI=1S/C14H27BrO2/c1-2-14(16-12-13-17-14)10-8-6-4-3-5-7-9-11-15/h2-13H2,1H3. The fraction of sp³-hybridized carbons (Fsp3) is 1.00. The van der Waals surface area contributed by atoms with Crippen LogP contribution in [0.4, 0.5) is 0 Å². The van der Waals surface area contributed by atoms with E-state index in [0.717, 1.165) is 31.4 Å². The Hall–Kier alpha value is 0.400. The zero-order chi connectivity index (χ0) is 12.4. The topological polar surface area (TPSA) is 18.5 Å². The van der Waals surface area contributed by atoms with Crippen molar-refractivity contribution >= 4 is 15.9 Å². The summed E-state index contributed by atoms with van der Waals surface area (Å²) >= 11 is 3.47. The van der Waals surface area contributed by atoms with Crippen molar-refractivity contribution in [2.75, 3.05) is 18.5 Å². The van der Waals surface area contributed by atoms with E-state index in [-0.39, 0.29) is 5.79 Å². The minimum atomic E-state index is -0.226. The van der Waals surface area contributed by atoms with E-state index in [9.17, 15) is 0 Å². The Morgan fingerprint density at radius 1 is 0.882 bits per heavy atom. The number of unbranched alkanes of at least 4 members (excludes halogenated alkanes) is 6. The molecule has 0 bridgehead atoms. The lowest BCUT2D eigenvalue weighted by Gasteiger charge is -2.25. The predicted molar refractivity (Wildman–Crippen MR) is 75.7 cm³/mol. The first-order valence-corrected chi connectivity index (χ1v) is 8.29. The molecule has 0 N–H and O–H groups in total. The molecule has 17 heavy (non-hydrogen) atoms. The summed E-state index contributed by atoms with van der Waals surface area (Å²) in [6.45, 7) is 3.71. The number of rotatable bonds is 10. The van der Waals surface area contributed by atoms with Crippen molar-refractivity contribution in [1.29, 1.82) is 0 Å². The average Bonchev–Trinajstić information content (AvgIpc) is 2.82. The smallest absolute Gasteiger partial charge is 0.168 e.